The average molecular weight is 241 g/mol. The normalized spacial score (nSPS) is 12.3. The van der Waals surface area contributed by atoms with Crippen LogP contribution >= 0.6 is 11.8 Å². The molecule has 0 aliphatic heterocycles. The number of hydrogen-bond acceptors (Lipinski definition) is 6. The summed E-state index contributed by atoms with van der Waals surface area (Å²) in [5.41, 5.74) is 0. The molecule has 0 aromatic carbocycles. The summed E-state index contributed by atoms with van der Waals surface area (Å²) in [6, 6.07) is 2.05. The van der Waals surface area contributed by atoms with Crippen LogP contribution in [0.1, 0.15) is 37.6 Å². The van der Waals surface area contributed by atoms with Crippen LogP contribution in [0.5, 0.6) is 0 Å². The molecule has 0 fully saturated rings. The summed E-state index contributed by atoms with van der Waals surface area (Å²) in [5, 5.41) is 12.3. The summed E-state index contributed by atoms with van der Waals surface area (Å²) in [6.45, 7) is 2.08. The molecule has 1 aromatic heterocycles. The lowest BCUT2D eigenvalue weighted by atomic mass is 10.2. The van der Waals surface area contributed by atoms with Gasteiger partial charge >= 0.3 is 0 Å². The maximum absolute atomic E-state index is 8.39. The van der Waals surface area contributed by atoms with Gasteiger partial charge in [0.2, 0.25) is 11.7 Å². The van der Waals surface area contributed by atoms with Crippen LogP contribution in [0.2, 0.25) is 0 Å². The molecule has 1 rings (SSSR count). The van der Waals surface area contributed by atoms with Gasteiger partial charge < -0.3 is 9.26 Å². The molecule has 1 atom stereocenters. The summed E-state index contributed by atoms with van der Waals surface area (Å²) in [7, 11) is 1.64. The molecule has 0 spiro atoms. The number of rotatable bonds is 7. The lowest BCUT2D eigenvalue weighted by Crippen LogP contribution is -2.03. The van der Waals surface area contributed by atoms with Crippen molar-refractivity contribution in [2.75, 3.05) is 12.9 Å². The predicted molar refractivity (Wildman–Crippen MR) is 60.7 cm³/mol. The number of methoxy groups -OCH3 is 1. The van der Waals surface area contributed by atoms with Crippen LogP contribution in [0.15, 0.2) is 4.52 Å². The van der Waals surface area contributed by atoms with E-state index in [0.29, 0.717) is 23.2 Å². The molecular weight excluding hydrogens is 226 g/mol. The van der Waals surface area contributed by atoms with Crippen LogP contribution < -0.4 is 0 Å². The Morgan fingerprint density at radius 2 is 2.44 bits per heavy atom. The molecule has 88 valence electrons. The molecule has 0 radical (unpaired) electrons. The van der Waals surface area contributed by atoms with Gasteiger partial charge in [0.25, 0.3) is 0 Å². The van der Waals surface area contributed by atoms with Gasteiger partial charge in [0, 0.05) is 7.11 Å². The summed E-state index contributed by atoms with van der Waals surface area (Å²) in [5.74, 6) is 2.15. The number of hydrogen-bond donors (Lipinski definition) is 0. The van der Waals surface area contributed by atoms with Crippen LogP contribution in [0, 0.1) is 11.3 Å². The fourth-order valence-electron chi connectivity index (χ4n) is 1.26. The van der Waals surface area contributed by atoms with E-state index in [4.69, 9.17) is 14.5 Å². The molecule has 0 bridgehead atoms. The number of thioether (sulfide) groups is 1. The van der Waals surface area contributed by atoms with Gasteiger partial charge in [-0.25, -0.2) is 0 Å². The van der Waals surface area contributed by atoms with Gasteiger partial charge in [-0.15, -0.1) is 11.8 Å². The minimum Gasteiger partial charge on any atom is -0.373 e. The Balaban J connectivity index is 2.52. The smallest absolute Gasteiger partial charge is 0.236 e. The largest absolute Gasteiger partial charge is 0.373 e. The molecule has 0 saturated carbocycles. The van der Waals surface area contributed by atoms with Crippen molar-refractivity contribution < 1.29 is 9.26 Å². The maximum atomic E-state index is 8.39. The lowest BCUT2D eigenvalue weighted by molar-refractivity contribution is 0.0854. The topological polar surface area (TPSA) is 71.9 Å². The van der Waals surface area contributed by atoms with Gasteiger partial charge in [0.1, 0.15) is 6.10 Å². The second-order valence-electron chi connectivity index (χ2n) is 3.21. The van der Waals surface area contributed by atoms with E-state index in [9.17, 15) is 0 Å². The highest BCUT2D eigenvalue weighted by Crippen LogP contribution is 2.20. The first kappa shape index (κ1) is 13.0. The molecule has 5 nitrogen and oxygen atoms in total. The Labute approximate surface area is 99.2 Å². The summed E-state index contributed by atoms with van der Waals surface area (Å²) in [4.78, 5) is 4.24. The highest BCUT2D eigenvalue weighted by Gasteiger charge is 2.16. The number of ether oxygens (including phenoxy) is 1. The van der Waals surface area contributed by atoms with E-state index in [1.54, 1.807) is 7.11 Å². The van der Waals surface area contributed by atoms with Gasteiger partial charge in [0.05, 0.1) is 17.6 Å². The van der Waals surface area contributed by atoms with Crippen molar-refractivity contribution in [3.8, 4) is 6.07 Å². The summed E-state index contributed by atoms with van der Waals surface area (Å²) < 4.78 is 10.3. The molecule has 6 heteroatoms. The zero-order chi connectivity index (χ0) is 11.8. The van der Waals surface area contributed by atoms with E-state index in [-0.39, 0.29) is 6.10 Å². The molecule has 0 N–H and O–H groups in total. The standard InChI is InChI=1S/C10H15N3O2S/c1-3-4-8(14-2)10-12-9(15-13-10)7-16-6-5-11/h8H,3-4,6-7H2,1-2H3. The van der Waals surface area contributed by atoms with Crippen LogP contribution in [-0.2, 0) is 10.5 Å². The van der Waals surface area contributed by atoms with Crippen molar-refractivity contribution in [2.24, 2.45) is 0 Å². The van der Waals surface area contributed by atoms with Crippen LogP contribution in [0.4, 0.5) is 0 Å². The van der Waals surface area contributed by atoms with Crippen molar-refractivity contribution in [1.82, 2.24) is 10.1 Å². The second-order valence-corrected chi connectivity index (χ2v) is 4.20. The molecule has 1 unspecified atom stereocenters. The van der Waals surface area contributed by atoms with Crippen molar-refractivity contribution in [3.05, 3.63) is 11.7 Å². The van der Waals surface area contributed by atoms with E-state index in [1.165, 1.54) is 11.8 Å². The van der Waals surface area contributed by atoms with E-state index in [1.807, 2.05) is 6.07 Å². The van der Waals surface area contributed by atoms with Gasteiger partial charge in [-0.1, -0.05) is 18.5 Å². The zero-order valence-corrected chi connectivity index (χ0v) is 10.3. The van der Waals surface area contributed by atoms with Crippen molar-refractivity contribution in [1.29, 1.82) is 5.26 Å². The van der Waals surface area contributed by atoms with E-state index >= 15 is 0 Å². The highest BCUT2D eigenvalue weighted by molar-refractivity contribution is 7.98. The number of aromatic nitrogens is 2. The Morgan fingerprint density at radius 1 is 1.62 bits per heavy atom. The fraction of sp³-hybridized carbons (Fsp3) is 0.700. The Kier molecular flexibility index (Phi) is 5.90. The quantitative estimate of drug-likeness (QED) is 0.682. The van der Waals surface area contributed by atoms with Crippen molar-refractivity contribution in [3.63, 3.8) is 0 Å². The first-order valence-electron chi connectivity index (χ1n) is 5.11. The molecule has 0 aliphatic carbocycles. The number of nitriles is 1. The zero-order valence-electron chi connectivity index (χ0n) is 9.47. The molecule has 0 aliphatic rings. The van der Waals surface area contributed by atoms with E-state index in [2.05, 4.69) is 17.1 Å². The van der Waals surface area contributed by atoms with Crippen LogP contribution in [-0.4, -0.2) is 23.0 Å². The summed E-state index contributed by atoms with van der Waals surface area (Å²) in [6.07, 6.45) is 1.79. The Morgan fingerprint density at radius 3 is 3.06 bits per heavy atom. The Hall–Kier alpha value is -1.06. The Bertz CT molecular complexity index is 348. The predicted octanol–water partition coefficient (Wildman–Crippen LogP) is 2.31. The van der Waals surface area contributed by atoms with Gasteiger partial charge in [-0.3, -0.25) is 0 Å². The highest BCUT2D eigenvalue weighted by atomic mass is 32.2. The second kappa shape index (κ2) is 7.25. The van der Waals surface area contributed by atoms with Gasteiger partial charge in [0.15, 0.2) is 0 Å². The van der Waals surface area contributed by atoms with Crippen LogP contribution in [0.25, 0.3) is 0 Å². The monoisotopic (exact) mass is 241 g/mol. The number of nitrogens with zero attached hydrogens (tertiary/aromatic N) is 3. The fourth-order valence-corrected chi connectivity index (χ4v) is 1.74. The minimum atomic E-state index is -0.0940. The lowest BCUT2D eigenvalue weighted by Gasteiger charge is -2.08. The van der Waals surface area contributed by atoms with Crippen molar-refractivity contribution in [2.45, 2.75) is 31.6 Å². The molecule has 0 saturated heterocycles. The molecule has 0 amide bonds. The van der Waals surface area contributed by atoms with Crippen molar-refractivity contribution >= 4 is 11.8 Å². The third kappa shape index (κ3) is 3.83. The molecule has 1 heterocycles. The molecule has 16 heavy (non-hydrogen) atoms. The SMILES string of the molecule is CCCC(OC)c1noc(CSCC#N)n1. The van der Waals surface area contributed by atoms with Gasteiger partial charge in [-0.2, -0.15) is 10.2 Å². The molecule has 1 aromatic rings. The molecular formula is C10H15N3O2S. The minimum absolute atomic E-state index is 0.0940. The summed E-state index contributed by atoms with van der Waals surface area (Å²) >= 11 is 1.45. The third-order valence-electron chi connectivity index (χ3n) is 2.00. The first-order chi connectivity index (χ1) is 7.81. The average Bonchev–Trinajstić information content (AvgIpc) is 2.75. The third-order valence-corrected chi connectivity index (χ3v) is 2.78. The maximum Gasteiger partial charge on any atom is 0.236 e. The first-order valence-corrected chi connectivity index (χ1v) is 6.27. The van der Waals surface area contributed by atoms with E-state index in [0.717, 1.165) is 12.8 Å². The van der Waals surface area contributed by atoms with Crippen LogP contribution in [0.3, 0.4) is 0 Å². The van der Waals surface area contributed by atoms with Gasteiger partial charge in [-0.05, 0) is 6.42 Å². The van der Waals surface area contributed by atoms with E-state index < -0.39 is 0 Å².